The van der Waals surface area contributed by atoms with E-state index < -0.39 is 6.67 Å². The van der Waals surface area contributed by atoms with Gasteiger partial charge in [-0.15, -0.1) is 0 Å². The minimum atomic E-state index is -0.403. The maximum absolute atomic E-state index is 12.7. The minimum Gasteiger partial charge on any atom is -0.308 e. The summed E-state index contributed by atoms with van der Waals surface area (Å²) in [6, 6.07) is 6.31. The van der Waals surface area contributed by atoms with Crippen molar-refractivity contribution in [3.63, 3.8) is 0 Å². The highest BCUT2D eigenvalue weighted by Crippen LogP contribution is 2.12. The summed E-state index contributed by atoms with van der Waals surface area (Å²) in [6.45, 7) is 1.78. The molecule has 0 amide bonds. The van der Waals surface area contributed by atoms with Crippen LogP contribution in [0.2, 0.25) is 0 Å². The third-order valence-electron chi connectivity index (χ3n) is 1.89. The lowest BCUT2D eigenvalue weighted by Crippen LogP contribution is -2.20. The standard InChI is InChI=1S/C10H13F2N/c1-8(13-6-5-11)9-3-2-4-10(12)7-9/h2-4,7-8,13H,5-6H2,1H3/t8-/m1/s1. The molecule has 0 aliphatic carbocycles. The van der Waals surface area contributed by atoms with Crippen LogP contribution in [0.4, 0.5) is 8.78 Å². The van der Waals surface area contributed by atoms with Gasteiger partial charge in [-0.25, -0.2) is 8.78 Å². The van der Waals surface area contributed by atoms with Crippen molar-refractivity contribution in [1.82, 2.24) is 5.32 Å². The van der Waals surface area contributed by atoms with Crippen LogP contribution in [0.3, 0.4) is 0 Å². The van der Waals surface area contributed by atoms with Gasteiger partial charge in [0.05, 0.1) is 0 Å². The van der Waals surface area contributed by atoms with Crippen LogP contribution in [-0.4, -0.2) is 13.2 Å². The largest absolute Gasteiger partial charge is 0.308 e. The Hall–Kier alpha value is -0.960. The summed E-state index contributed by atoms with van der Waals surface area (Å²) in [7, 11) is 0. The predicted molar refractivity (Wildman–Crippen MR) is 48.8 cm³/mol. The van der Waals surface area contributed by atoms with Crippen molar-refractivity contribution in [3.8, 4) is 0 Å². The maximum Gasteiger partial charge on any atom is 0.123 e. The van der Waals surface area contributed by atoms with E-state index in [0.717, 1.165) is 5.56 Å². The fourth-order valence-electron chi connectivity index (χ4n) is 1.16. The van der Waals surface area contributed by atoms with Crippen LogP contribution in [-0.2, 0) is 0 Å². The number of nitrogens with one attached hydrogen (secondary N) is 1. The Labute approximate surface area is 76.8 Å². The second-order valence-electron chi connectivity index (χ2n) is 2.92. The van der Waals surface area contributed by atoms with Crippen LogP contribution in [0.25, 0.3) is 0 Å². The van der Waals surface area contributed by atoms with Crippen LogP contribution in [0.15, 0.2) is 24.3 Å². The van der Waals surface area contributed by atoms with E-state index >= 15 is 0 Å². The van der Waals surface area contributed by atoms with E-state index in [-0.39, 0.29) is 11.9 Å². The zero-order valence-electron chi connectivity index (χ0n) is 7.56. The molecular formula is C10H13F2N. The number of hydrogen-bond acceptors (Lipinski definition) is 1. The summed E-state index contributed by atoms with van der Waals surface area (Å²) < 4.78 is 24.6. The smallest absolute Gasteiger partial charge is 0.123 e. The second-order valence-corrected chi connectivity index (χ2v) is 2.92. The molecule has 0 fully saturated rings. The zero-order chi connectivity index (χ0) is 9.68. The van der Waals surface area contributed by atoms with Crippen molar-refractivity contribution in [2.45, 2.75) is 13.0 Å². The van der Waals surface area contributed by atoms with Crippen molar-refractivity contribution < 1.29 is 8.78 Å². The molecule has 0 aliphatic rings. The number of hydrogen-bond donors (Lipinski definition) is 1. The summed E-state index contributed by atoms with van der Waals surface area (Å²) in [5.41, 5.74) is 0.841. The van der Waals surface area contributed by atoms with Crippen LogP contribution in [0.5, 0.6) is 0 Å². The van der Waals surface area contributed by atoms with Crippen molar-refractivity contribution in [1.29, 1.82) is 0 Å². The molecule has 1 atom stereocenters. The first kappa shape index (κ1) is 10.1. The molecule has 0 spiro atoms. The Bertz CT molecular complexity index is 263. The van der Waals surface area contributed by atoms with Crippen LogP contribution < -0.4 is 5.32 Å². The summed E-state index contributed by atoms with van der Waals surface area (Å²) in [5.74, 6) is -0.258. The lowest BCUT2D eigenvalue weighted by molar-refractivity contribution is 0.443. The molecule has 1 aromatic carbocycles. The highest BCUT2D eigenvalue weighted by Gasteiger charge is 2.04. The van der Waals surface area contributed by atoms with Gasteiger partial charge in [-0.1, -0.05) is 12.1 Å². The SMILES string of the molecule is C[C@@H](NCCF)c1cccc(F)c1. The third kappa shape index (κ3) is 3.11. The van der Waals surface area contributed by atoms with E-state index in [4.69, 9.17) is 0 Å². The first-order valence-electron chi connectivity index (χ1n) is 4.29. The monoisotopic (exact) mass is 185 g/mol. The molecule has 0 unspecified atom stereocenters. The molecule has 0 radical (unpaired) electrons. The summed E-state index contributed by atoms with van der Waals surface area (Å²) >= 11 is 0. The van der Waals surface area contributed by atoms with E-state index in [1.54, 1.807) is 6.07 Å². The molecule has 0 heterocycles. The zero-order valence-corrected chi connectivity index (χ0v) is 7.56. The van der Waals surface area contributed by atoms with Gasteiger partial charge in [-0.3, -0.25) is 0 Å². The van der Waals surface area contributed by atoms with E-state index in [2.05, 4.69) is 5.32 Å². The molecule has 72 valence electrons. The van der Waals surface area contributed by atoms with Gasteiger partial charge in [0, 0.05) is 12.6 Å². The summed E-state index contributed by atoms with van der Waals surface area (Å²) in [5, 5.41) is 2.93. The molecule has 3 heteroatoms. The van der Waals surface area contributed by atoms with Gasteiger partial charge < -0.3 is 5.32 Å². The molecule has 1 N–H and O–H groups in total. The molecule has 1 nitrogen and oxygen atoms in total. The van der Waals surface area contributed by atoms with E-state index in [0.29, 0.717) is 6.54 Å². The average molecular weight is 185 g/mol. The average Bonchev–Trinajstić information content (AvgIpc) is 2.14. The third-order valence-corrected chi connectivity index (χ3v) is 1.89. The van der Waals surface area contributed by atoms with E-state index in [9.17, 15) is 8.78 Å². The van der Waals surface area contributed by atoms with Crippen molar-refractivity contribution in [3.05, 3.63) is 35.6 Å². The first-order valence-corrected chi connectivity index (χ1v) is 4.29. The molecule has 0 saturated carbocycles. The van der Waals surface area contributed by atoms with E-state index in [1.807, 2.05) is 13.0 Å². The van der Waals surface area contributed by atoms with Crippen LogP contribution >= 0.6 is 0 Å². The lowest BCUT2D eigenvalue weighted by atomic mass is 10.1. The van der Waals surface area contributed by atoms with Crippen LogP contribution in [0, 0.1) is 5.82 Å². The second kappa shape index (κ2) is 4.92. The number of rotatable bonds is 4. The Kier molecular flexibility index (Phi) is 3.83. The van der Waals surface area contributed by atoms with Gasteiger partial charge in [-0.2, -0.15) is 0 Å². The van der Waals surface area contributed by atoms with Gasteiger partial charge >= 0.3 is 0 Å². The fraction of sp³-hybridized carbons (Fsp3) is 0.400. The fourth-order valence-corrected chi connectivity index (χ4v) is 1.16. The predicted octanol–water partition coefficient (Wildman–Crippen LogP) is 2.45. The maximum atomic E-state index is 12.7. The molecule has 1 aromatic rings. The normalized spacial score (nSPS) is 12.8. The van der Waals surface area contributed by atoms with Gasteiger partial charge in [0.15, 0.2) is 0 Å². The molecule has 0 saturated heterocycles. The van der Waals surface area contributed by atoms with Gasteiger partial charge in [0.25, 0.3) is 0 Å². The highest BCUT2D eigenvalue weighted by atomic mass is 19.1. The van der Waals surface area contributed by atoms with Gasteiger partial charge in [-0.05, 0) is 24.6 Å². The quantitative estimate of drug-likeness (QED) is 0.759. The van der Waals surface area contributed by atoms with Gasteiger partial charge in [0.1, 0.15) is 12.5 Å². The minimum absolute atomic E-state index is 0.00792. The Balaban J connectivity index is 2.60. The number of halogens is 2. The van der Waals surface area contributed by atoms with Crippen LogP contribution in [0.1, 0.15) is 18.5 Å². The topological polar surface area (TPSA) is 12.0 Å². The summed E-state index contributed by atoms with van der Waals surface area (Å²) in [4.78, 5) is 0. The molecule has 1 rings (SSSR count). The number of alkyl halides is 1. The van der Waals surface area contributed by atoms with Gasteiger partial charge in [0.2, 0.25) is 0 Å². The first-order chi connectivity index (χ1) is 6.24. The summed E-state index contributed by atoms with van der Waals surface area (Å²) in [6.07, 6.45) is 0. The highest BCUT2D eigenvalue weighted by molar-refractivity contribution is 5.19. The van der Waals surface area contributed by atoms with E-state index in [1.165, 1.54) is 12.1 Å². The molecule has 0 aliphatic heterocycles. The molecule has 0 aromatic heterocycles. The lowest BCUT2D eigenvalue weighted by Gasteiger charge is -2.12. The molecule has 0 bridgehead atoms. The molecule has 13 heavy (non-hydrogen) atoms. The Morgan fingerprint density at radius 1 is 1.46 bits per heavy atom. The van der Waals surface area contributed by atoms with Crippen molar-refractivity contribution in [2.24, 2.45) is 0 Å². The Morgan fingerprint density at radius 3 is 2.85 bits per heavy atom. The number of benzene rings is 1. The molecular weight excluding hydrogens is 172 g/mol. The van der Waals surface area contributed by atoms with Crippen molar-refractivity contribution in [2.75, 3.05) is 13.2 Å². The van der Waals surface area contributed by atoms with Crippen molar-refractivity contribution >= 4 is 0 Å². The Morgan fingerprint density at radius 2 is 2.23 bits per heavy atom.